The lowest BCUT2D eigenvalue weighted by Crippen LogP contribution is -2.30. The Morgan fingerprint density at radius 3 is 2.75 bits per heavy atom. The first-order chi connectivity index (χ1) is 9.66. The summed E-state index contributed by atoms with van der Waals surface area (Å²) < 4.78 is 6.01. The Balaban J connectivity index is 1.91. The molecule has 0 aliphatic carbocycles. The summed E-state index contributed by atoms with van der Waals surface area (Å²) >= 11 is 0. The Bertz CT molecular complexity index is 534. The van der Waals surface area contributed by atoms with Crippen LogP contribution in [-0.4, -0.2) is 24.2 Å². The number of rotatable bonds is 7. The van der Waals surface area contributed by atoms with E-state index >= 15 is 0 Å². The molecule has 0 aliphatic rings. The van der Waals surface area contributed by atoms with Gasteiger partial charge in [-0.3, -0.25) is 4.98 Å². The fourth-order valence-electron chi connectivity index (χ4n) is 2.13. The maximum absolute atomic E-state index is 6.01. The van der Waals surface area contributed by atoms with Crippen LogP contribution in [0.4, 0.5) is 0 Å². The molecule has 2 rings (SSSR count). The van der Waals surface area contributed by atoms with Gasteiger partial charge in [0.15, 0.2) is 0 Å². The number of nitrogens with zero attached hydrogens (tertiary/aromatic N) is 1. The lowest BCUT2D eigenvalue weighted by Gasteiger charge is -2.17. The predicted octanol–water partition coefficient (Wildman–Crippen LogP) is 3.64. The maximum Gasteiger partial charge on any atom is 0.145 e. The molecule has 0 bridgehead atoms. The van der Waals surface area contributed by atoms with Crippen molar-refractivity contribution in [2.75, 3.05) is 13.1 Å². The Morgan fingerprint density at radius 1 is 1.15 bits per heavy atom. The number of benzene rings is 1. The number of fused-ring (bicyclic) bond motifs is 1. The van der Waals surface area contributed by atoms with E-state index in [4.69, 9.17) is 4.74 Å². The zero-order valence-corrected chi connectivity index (χ0v) is 12.6. The van der Waals surface area contributed by atoms with Gasteiger partial charge >= 0.3 is 0 Å². The second-order valence-corrected chi connectivity index (χ2v) is 5.65. The first-order valence-corrected chi connectivity index (χ1v) is 7.38. The molecule has 1 aromatic carbocycles. The van der Waals surface area contributed by atoms with E-state index in [0.29, 0.717) is 0 Å². The first kappa shape index (κ1) is 14.8. The summed E-state index contributed by atoms with van der Waals surface area (Å²) in [5.74, 6) is 1.60. The summed E-state index contributed by atoms with van der Waals surface area (Å²) in [4.78, 5) is 4.41. The predicted molar refractivity (Wildman–Crippen MR) is 84.2 cm³/mol. The van der Waals surface area contributed by atoms with Crippen molar-refractivity contribution in [1.82, 2.24) is 10.3 Å². The van der Waals surface area contributed by atoms with Crippen LogP contribution in [0.3, 0.4) is 0 Å². The molecule has 20 heavy (non-hydrogen) atoms. The summed E-state index contributed by atoms with van der Waals surface area (Å²) in [5, 5.41) is 4.56. The van der Waals surface area contributed by atoms with Crippen LogP contribution in [0, 0.1) is 5.92 Å². The molecule has 1 aromatic heterocycles. The van der Waals surface area contributed by atoms with Crippen molar-refractivity contribution in [2.24, 2.45) is 5.92 Å². The Kier molecular flexibility index (Phi) is 5.36. The highest BCUT2D eigenvalue weighted by Crippen LogP contribution is 2.23. The second kappa shape index (κ2) is 7.25. The molecule has 0 fully saturated rings. The summed E-state index contributed by atoms with van der Waals surface area (Å²) in [7, 11) is 0. The molecule has 0 spiro atoms. The second-order valence-electron chi connectivity index (χ2n) is 5.65. The zero-order chi connectivity index (χ0) is 14.4. The van der Waals surface area contributed by atoms with Crippen LogP contribution in [0.15, 0.2) is 36.5 Å². The van der Waals surface area contributed by atoms with Gasteiger partial charge in [-0.1, -0.05) is 32.0 Å². The molecule has 3 heteroatoms. The summed E-state index contributed by atoms with van der Waals surface area (Å²) in [6.07, 6.45) is 3.14. The largest absolute Gasteiger partial charge is 0.487 e. The van der Waals surface area contributed by atoms with Gasteiger partial charge in [-0.25, -0.2) is 0 Å². The topological polar surface area (TPSA) is 34.1 Å². The van der Waals surface area contributed by atoms with Crippen molar-refractivity contribution >= 4 is 10.9 Å². The highest BCUT2D eigenvalue weighted by atomic mass is 16.5. The van der Waals surface area contributed by atoms with Crippen molar-refractivity contribution in [3.05, 3.63) is 36.5 Å². The monoisotopic (exact) mass is 272 g/mol. The molecule has 0 amide bonds. The van der Waals surface area contributed by atoms with Gasteiger partial charge < -0.3 is 10.1 Å². The standard InChI is InChI=1S/C17H24N2O/c1-13(2)9-11-18-12-14(3)20-16-8-4-6-15-7-5-10-19-17(15)16/h4-8,10,13-14,18H,9,11-12H2,1-3H3. The van der Waals surface area contributed by atoms with Gasteiger partial charge in [-0.05, 0) is 37.9 Å². The van der Waals surface area contributed by atoms with Gasteiger partial charge in [0.1, 0.15) is 17.4 Å². The Morgan fingerprint density at radius 2 is 1.95 bits per heavy atom. The number of hydrogen-bond donors (Lipinski definition) is 1. The molecule has 1 heterocycles. The fourth-order valence-corrected chi connectivity index (χ4v) is 2.13. The lowest BCUT2D eigenvalue weighted by molar-refractivity contribution is 0.219. The number of aromatic nitrogens is 1. The molecule has 1 unspecified atom stereocenters. The third kappa shape index (κ3) is 4.20. The van der Waals surface area contributed by atoms with Crippen molar-refractivity contribution in [3.8, 4) is 5.75 Å². The normalized spacial score (nSPS) is 12.8. The van der Waals surface area contributed by atoms with E-state index in [-0.39, 0.29) is 6.10 Å². The third-order valence-corrected chi connectivity index (χ3v) is 3.25. The SMILES string of the molecule is CC(C)CCNCC(C)Oc1cccc2cccnc12. The average molecular weight is 272 g/mol. The zero-order valence-electron chi connectivity index (χ0n) is 12.6. The molecule has 2 aromatic rings. The quantitative estimate of drug-likeness (QED) is 0.781. The molecular weight excluding hydrogens is 248 g/mol. The van der Waals surface area contributed by atoms with Crippen molar-refractivity contribution in [2.45, 2.75) is 33.3 Å². The van der Waals surface area contributed by atoms with Crippen LogP contribution in [-0.2, 0) is 0 Å². The van der Waals surface area contributed by atoms with Gasteiger partial charge in [0.05, 0.1) is 0 Å². The Labute approximate surface area is 121 Å². The summed E-state index contributed by atoms with van der Waals surface area (Å²) in [6.45, 7) is 8.46. The number of pyridine rings is 1. The number of hydrogen-bond acceptors (Lipinski definition) is 3. The fraction of sp³-hybridized carbons (Fsp3) is 0.471. The molecule has 108 valence electrons. The van der Waals surface area contributed by atoms with Crippen molar-refractivity contribution < 1.29 is 4.74 Å². The van der Waals surface area contributed by atoms with Crippen LogP contribution < -0.4 is 10.1 Å². The lowest BCUT2D eigenvalue weighted by atomic mass is 10.1. The van der Waals surface area contributed by atoms with E-state index in [0.717, 1.165) is 35.7 Å². The van der Waals surface area contributed by atoms with Crippen LogP contribution >= 0.6 is 0 Å². The molecule has 0 saturated heterocycles. The highest BCUT2D eigenvalue weighted by molar-refractivity contribution is 5.84. The van der Waals surface area contributed by atoms with Crippen molar-refractivity contribution in [3.63, 3.8) is 0 Å². The minimum Gasteiger partial charge on any atom is -0.487 e. The maximum atomic E-state index is 6.01. The molecule has 0 radical (unpaired) electrons. The van der Waals surface area contributed by atoms with Crippen LogP contribution in [0.25, 0.3) is 10.9 Å². The van der Waals surface area contributed by atoms with E-state index < -0.39 is 0 Å². The molecule has 3 nitrogen and oxygen atoms in total. The minimum atomic E-state index is 0.134. The van der Waals surface area contributed by atoms with E-state index in [1.807, 2.05) is 18.2 Å². The molecule has 0 saturated carbocycles. The van der Waals surface area contributed by atoms with Gasteiger partial charge in [0.2, 0.25) is 0 Å². The Hall–Kier alpha value is -1.61. The molecular formula is C17H24N2O. The molecule has 1 atom stereocenters. The van der Waals surface area contributed by atoms with Crippen LogP contribution in [0.1, 0.15) is 27.2 Å². The van der Waals surface area contributed by atoms with Gasteiger partial charge in [0, 0.05) is 18.1 Å². The van der Waals surface area contributed by atoms with E-state index in [1.54, 1.807) is 6.20 Å². The van der Waals surface area contributed by atoms with Gasteiger partial charge in [-0.2, -0.15) is 0 Å². The third-order valence-electron chi connectivity index (χ3n) is 3.25. The smallest absolute Gasteiger partial charge is 0.145 e. The summed E-state index contributed by atoms with van der Waals surface area (Å²) in [6, 6.07) is 10.1. The number of ether oxygens (including phenoxy) is 1. The van der Waals surface area contributed by atoms with Gasteiger partial charge in [-0.15, -0.1) is 0 Å². The summed E-state index contributed by atoms with van der Waals surface area (Å²) in [5.41, 5.74) is 0.934. The average Bonchev–Trinajstić information content (AvgIpc) is 2.44. The van der Waals surface area contributed by atoms with Gasteiger partial charge in [0.25, 0.3) is 0 Å². The van der Waals surface area contributed by atoms with E-state index in [9.17, 15) is 0 Å². The highest BCUT2D eigenvalue weighted by Gasteiger charge is 2.07. The molecule has 1 N–H and O–H groups in total. The van der Waals surface area contributed by atoms with Crippen LogP contribution in [0.2, 0.25) is 0 Å². The number of para-hydroxylation sites is 1. The first-order valence-electron chi connectivity index (χ1n) is 7.38. The van der Waals surface area contributed by atoms with Crippen molar-refractivity contribution in [1.29, 1.82) is 0 Å². The molecule has 0 aliphatic heterocycles. The van der Waals surface area contributed by atoms with E-state index in [1.165, 1.54) is 6.42 Å². The minimum absolute atomic E-state index is 0.134. The van der Waals surface area contributed by atoms with E-state index in [2.05, 4.69) is 43.2 Å². The van der Waals surface area contributed by atoms with Crippen LogP contribution in [0.5, 0.6) is 5.75 Å². The number of nitrogens with one attached hydrogen (secondary N) is 1.